The molecule has 5 nitrogen and oxygen atoms in total. The number of fused-ring (bicyclic) bond motifs is 1. The Balaban J connectivity index is 1.59. The predicted molar refractivity (Wildman–Crippen MR) is 108 cm³/mol. The van der Waals surface area contributed by atoms with Gasteiger partial charge in [0.15, 0.2) is 0 Å². The number of likely N-dealkylation sites (N-methyl/N-ethyl adjacent to an activating group) is 1. The van der Waals surface area contributed by atoms with E-state index in [-0.39, 0.29) is 36.3 Å². The third-order valence-electron chi connectivity index (χ3n) is 5.92. The molecule has 6 heteroatoms. The van der Waals surface area contributed by atoms with E-state index in [1.54, 1.807) is 17.0 Å². The number of carbonyl (C=O) groups is 2. The van der Waals surface area contributed by atoms with E-state index < -0.39 is 0 Å². The fourth-order valence-electron chi connectivity index (χ4n) is 4.54. The van der Waals surface area contributed by atoms with Crippen LogP contribution in [0.15, 0.2) is 54.6 Å². The molecule has 2 saturated heterocycles. The summed E-state index contributed by atoms with van der Waals surface area (Å²) < 4.78 is 13.3. The number of piperidine rings is 1. The number of benzene rings is 2. The molecule has 0 spiro atoms. The molecule has 1 amide bonds. The highest BCUT2D eigenvalue weighted by Crippen LogP contribution is 2.29. The van der Waals surface area contributed by atoms with Gasteiger partial charge in [0.05, 0.1) is 6.54 Å². The summed E-state index contributed by atoms with van der Waals surface area (Å²) in [6, 6.07) is 16.7. The van der Waals surface area contributed by atoms with Crippen molar-refractivity contribution in [2.24, 2.45) is 0 Å². The summed E-state index contributed by atoms with van der Waals surface area (Å²) in [5.74, 6) is -1.02. The van der Waals surface area contributed by atoms with Gasteiger partial charge in [-0.1, -0.05) is 42.5 Å². The Morgan fingerprint density at radius 2 is 1.76 bits per heavy atom. The zero-order valence-corrected chi connectivity index (χ0v) is 16.6. The van der Waals surface area contributed by atoms with Crippen LogP contribution in [-0.4, -0.2) is 58.7 Å². The highest BCUT2D eigenvalue weighted by atomic mass is 19.1. The minimum atomic E-state index is -0.372. The molecule has 2 aliphatic heterocycles. The molecule has 2 aromatic rings. The van der Waals surface area contributed by atoms with Gasteiger partial charge in [-0.15, -0.1) is 0 Å². The average Bonchev–Trinajstić information content (AvgIpc) is 2.73. The van der Waals surface area contributed by atoms with Crippen LogP contribution in [0.1, 0.15) is 24.0 Å². The monoisotopic (exact) mass is 395 g/mol. The fourth-order valence-corrected chi connectivity index (χ4v) is 4.54. The van der Waals surface area contributed by atoms with E-state index in [9.17, 15) is 14.0 Å². The first-order valence-corrected chi connectivity index (χ1v) is 10.1. The Morgan fingerprint density at radius 1 is 1.03 bits per heavy atom. The first kappa shape index (κ1) is 19.7. The molecule has 0 bridgehead atoms. The van der Waals surface area contributed by atoms with Crippen molar-refractivity contribution in [1.82, 2.24) is 14.7 Å². The van der Waals surface area contributed by atoms with Crippen LogP contribution in [0.2, 0.25) is 0 Å². The number of hydrogen-bond acceptors (Lipinski definition) is 4. The van der Waals surface area contributed by atoms with Crippen molar-refractivity contribution < 1.29 is 14.0 Å². The van der Waals surface area contributed by atoms with Crippen LogP contribution in [0.4, 0.5) is 4.39 Å². The van der Waals surface area contributed by atoms with Gasteiger partial charge in [-0.2, -0.15) is 0 Å². The smallest absolute Gasteiger partial charge is 0.292 e. The largest absolute Gasteiger partial charge is 0.319 e. The summed E-state index contributed by atoms with van der Waals surface area (Å²) in [7, 11) is 2.08. The molecule has 0 radical (unpaired) electrons. The van der Waals surface area contributed by atoms with Crippen LogP contribution in [0, 0.1) is 5.82 Å². The van der Waals surface area contributed by atoms with E-state index in [1.807, 2.05) is 18.2 Å². The lowest BCUT2D eigenvalue weighted by molar-refractivity contribution is -0.164. The summed E-state index contributed by atoms with van der Waals surface area (Å²) in [4.78, 5) is 31.1. The number of ketones is 1. The Morgan fingerprint density at radius 3 is 2.48 bits per heavy atom. The Labute approximate surface area is 170 Å². The second kappa shape index (κ2) is 8.43. The Bertz CT molecular complexity index is 871. The van der Waals surface area contributed by atoms with Crippen LogP contribution in [0.3, 0.4) is 0 Å². The maximum Gasteiger partial charge on any atom is 0.292 e. The van der Waals surface area contributed by atoms with Crippen molar-refractivity contribution in [1.29, 1.82) is 0 Å². The molecule has 0 aliphatic carbocycles. The van der Waals surface area contributed by atoms with E-state index in [0.717, 1.165) is 24.9 Å². The standard InChI is InChI=1S/C23H26FN3O2/c1-25(14-17-6-3-2-4-7-17)20-8-5-13-27-22(20)26(16-21(28)23(27)29)15-18-9-11-19(24)12-10-18/h2-4,6-7,9-12,20,22H,5,8,13-16H2,1H3. The normalized spacial score (nSPS) is 22.8. The molecule has 4 rings (SSSR count). The minimum Gasteiger partial charge on any atom is -0.319 e. The summed E-state index contributed by atoms with van der Waals surface area (Å²) in [6.45, 7) is 2.00. The Kier molecular flexibility index (Phi) is 5.74. The average molecular weight is 395 g/mol. The second-order valence-electron chi connectivity index (χ2n) is 7.98. The summed E-state index contributed by atoms with van der Waals surface area (Å²) >= 11 is 0. The highest BCUT2D eigenvalue weighted by Gasteiger charge is 2.46. The Hall–Kier alpha value is -2.57. The van der Waals surface area contributed by atoms with E-state index in [4.69, 9.17) is 0 Å². The number of rotatable bonds is 5. The SMILES string of the molecule is CN(Cc1ccccc1)C1CCCN2C(=O)C(=O)CN(Cc3ccc(F)cc3)C12. The lowest BCUT2D eigenvalue weighted by atomic mass is 9.95. The van der Waals surface area contributed by atoms with Crippen LogP contribution in [-0.2, 0) is 22.7 Å². The number of amides is 1. The molecule has 2 atom stereocenters. The van der Waals surface area contributed by atoms with Crippen LogP contribution >= 0.6 is 0 Å². The number of nitrogens with zero attached hydrogens (tertiary/aromatic N) is 3. The number of Topliss-reactive ketones (excluding diaryl/α,β-unsaturated/α-hetero) is 1. The van der Waals surface area contributed by atoms with Gasteiger partial charge in [-0.25, -0.2) is 4.39 Å². The first-order valence-electron chi connectivity index (χ1n) is 10.1. The second-order valence-corrected chi connectivity index (χ2v) is 7.98. The van der Waals surface area contributed by atoms with E-state index in [1.165, 1.54) is 17.7 Å². The van der Waals surface area contributed by atoms with E-state index >= 15 is 0 Å². The lowest BCUT2D eigenvalue weighted by Crippen LogP contribution is -2.68. The molecule has 0 N–H and O–H groups in total. The van der Waals surface area contributed by atoms with Gasteiger partial charge < -0.3 is 4.90 Å². The zero-order chi connectivity index (χ0) is 20.4. The van der Waals surface area contributed by atoms with Crippen molar-refractivity contribution in [3.63, 3.8) is 0 Å². The van der Waals surface area contributed by atoms with Gasteiger partial charge in [0.25, 0.3) is 5.91 Å². The summed E-state index contributed by atoms with van der Waals surface area (Å²) in [6.07, 6.45) is 1.68. The van der Waals surface area contributed by atoms with Crippen molar-refractivity contribution >= 4 is 11.7 Å². The number of hydrogen-bond donors (Lipinski definition) is 0. The first-order chi connectivity index (χ1) is 14.0. The number of carbonyl (C=O) groups excluding carboxylic acids is 2. The molecule has 2 aromatic carbocycles. The topological polar surface area (TPSA) is 43.9 Å². The van der Waals surface area contributed by atoms with Crippen molar-refractivity contribution in [3.8, 4) is 0 Å². The molecule has 2 aliphatic rings. The molecule has 0 saturated carbocycles. The molecule has 152 valence electrons. The third kappa shape index (κ3) is 4.23. The van der Waals surface area contributed by atoms with Gasteiger partial charge in [0, 0.05) is 25.7 Å². The van der Waals surface area contributed by atoms with Gasteiger partial charge in [-0.3, -0.25) is 19.4 Å². The highest BCUT2D eigenvalue weighted by molar-refractivity contribution is 6.37. The molecule has 0 aromatic heterocycles. The van der Waals surface area contributed by atoms with Crippen molar-refractivity contribution in [2.75, 3.05) is 20.1 Å². The van der Waals surface area contributed by atoms with Gasteiger partial charge in [-0.05, 0) is 43.1 Å². The maximum atomic E-state index is 13.3. The van der Waals surface area contributed by atoms with Gasteiger partial charge >= 0.3 is 0 Å². The van der Waals surface area contributed by atoms with Crippen molar-refractivity contribution in [2.45, 2.75) is 38.1 Å². The summed E-state index contributed by atoms with van der Waals surface area (Å²) in [5.41, 5.74) is 2.15. The predicted octanol–water partition coefficient (Wildman–Crippen LogP) is 2.66. The maximum absolute atomic E-state index is 13.3. The molecule has 29 heavy (non-hydrogen) atoms. The fraction of sp³-hybridized carbons (Fsp3) is 0.391. The third-order valence-corrected chi connectivity index (χ3v) is 5.92. The lowest BCUT2D eigenvalue weighted by Gasteiger charge is -2.51. The van der Waals surface area contributed by atoms with Gasteiger partial charge in [0.1, 0.15) is 12.0 Å². The van der Waals surface area contributed by atoms with Crippen LogP contribution in [0.5, 0.6) is 0 Å². The zero-order valence-electron chi connectivity index (χ0n) is 16.6. The molecule has 2 heterocycles. The molecule has 2 unspecified atom stereocenters. The van der Waals surface area contributed by atoms with Crippen LogP contribution in [0.25, 0.3) is 0 Å². The minimum absolute atomic E-state index is 0.104. The van der Waals surface area contributed by atoms with E-state index in [2.05, 4.69) is 29.0 Å². The van der Waals surface area contributed by atoms with E-state index in [0.29, 0.717) is 13.1 Å². The number of halogens is 1. The molecular weight excluding hydrogens is 369 g/mol. The van der Waals surface area contributed by atoms with Crippen LogP contribution < -0.4 is 0 Å². The van der Waals surface area contributed by atoms with Gasteiger partial charge in [0.2, 0.25) is 5.78 Å². The molecular formula is C23H26FN3O2. The summed E-state index contributed by atoms with van der Waals surface area (Å²) in [5, 5.41) is 0. The molecule has 2 fully saturated rings. The quantitative estimate of drug-likeness (QED) is 0.730. The van der Waals surface area contributed by atoms with Crippen molar-refractivity contribution in [3.05, 3.63) is 71.5 Å².